The second-order valence-corrected chi connectivity index (χ2v) is 5.61. The fourth-order valence-electron chi connectivity index (χ4n) is 1.75. The Kier molecular flexibility index (Phi) is 4.11. The average molecular weight is 278 g/mol. The van der Waals surface area contributed by atoms with Crippen molar-refractivity contribution in [2.75, 3.05) is 0 Å². The van der Waals surface area contributed by atoms with Crippen LogP contribution in [-0.2, 0) is 14.4 Å². The van der Waals surface area contributed by atoms with Crippen LogP contribution in [0.3, 0.4) is 0 Å². The molecule has 6 heteroatoms. The number of hydrogen-bond acceptors (Lipinski definition) is 4. The summed E-state index contributed by atoms with van der Waals surface area (Å²) in [7, 11) is 0. The van der Waals surface area contributed by atoms with Crippen molar-refractivity contribution < 1.29 is 14.4 Å². The first kappa shape index (κ1) is 13.5. The molecule has 1 aliphatic heterocycles. The molecule has 0 aliphatic carbocycles. The Morgan fingerprint density at radius 3 is 2.89 bits per heavy atom. The Labute approximate surface area is 114 Å². The molecule has 3 amide bonds. The maximum atomic E-state index is 11.7. The summed E-state index contributed by atoms with van der Waals surface area (Å²) in [5.41, 5.74) is 0. The summed E-state index contributed by atoms with van der Waals surface area (Å²) in [6.45, 7) is 1.99. The van der Waals surface area contributed by atoms with E-state index < -0.39 is 11.9 Å². The fraction of sp³-hybridized carbons (Fsp3) is 0.308. The Morgan fingerprint density at radius 1 is 1.47 bits per heavy atom. The van der Waals surface area contributed by atoms with Crippen LogP contribution in [-0.4, -0.2) is 23.8 Å². The molecular formula is C13H14N2O3S. The van der Waals surface area contributed by atoms with Crippen LogP contribution in [0.4, 0.5) is 0 Å². The van der Waals surface area contributed by atoms with Crippen LogP contribution < -0.4 is 10.6 Å². The zero-order valence-electron chi connectivity index (χ0n) is 10.4. The molecule has 1 aliphatic rings. The summed E-state index contributed by atoms with van der Waals surface area (Å²) < 4.78 is 0. The molecule has 1 saturated heterocycles. The smallest absolute Gasteiger partial charge is 0.249 e. The fourth-order valence-corrected chi connectivity index (χ4v) is 2.53. The quantitative estimate of drug-likeness (QED) is 0.639. The van der Waals surface area contributed by atoms with Gasteiger partial charge in [-0.2, -0.15) is 0 Å². The van der Waals surface area contributed by atoms with Gasteiger partial charge in [0.2, 0.25) is 17.7 Å². The van der Waals surface area contributed by atoms with Gasteiger partial charge in [0.15, 0.2) is 0 Å². The summed E-state index contributed by atoms with van der Waals surface area (Å²) in [5, 5.41) is 4.78. The van der Waals surface area contributed by atoms with Gasteiger partial charge < -0.3 is 5.32 Å². The molecule has 19 heavy (non-hydrogen) atoms. The Morgan fingerprint density at radius 2 is 2.26 bits per heavy atom. The number of carbonyl (C=O) groups is 3. The Balaban J connectivity index is 1.89. The van der Waals surface area contributed by atoms with Gasteiger partial charge in [-0.25, -0.2) is 0 Å². The van der Waals surface area contributed by atoms with Crippen molar-refractivity contribution in [1.82, 2.24) is 10.6 Å². The van der Waals surface area contributed by atoms with E-state index in [1.807, 2.05) is 19.1 Å². The van der Waals surface area contributed by atoms with E-state index >= 15 is 0 Å². The van der Waals surface area contributed by atoms with Crippen LogP contribution in [0.15, 0.2) is 18.2 Å². The molecule has 1 atom stereocenters. The monoisotopic (exact) mass is 278 g/mol. The summed E-state index contributed by atoms with van der Waals surface area (Å²) in [6.07, 6.45) is 3.71. The van der Waals surface area contributed by atoms with E-state index in [0.29, 0.717) is 6.42 Å². The highest BCUT2D eigenvalue weighted by atomic mass is 32.1. The van der Waals surface area contributed by atoms with Gasteiger partial charge in [-0.05, 0) is 31.6 Å². The van der Waals surface area contributed by atoms with Gasteiger partial charge in [0, 0.05) is 22.3 Å². The van der Waals surface area contributed by atoms with Gasteiger partial charge in [-0.15, -0.1) is 11.3 Å². The summed E-state index contributed by atoms with van der Waals surface area (Å²) >= 11 is 1.59. The SMILES string of the molecule is Cc1ccc(C=CC(=O)NC2CCC(=O)NC2=O)s1. The van der Waals surface area contributed by atoms with Crippen LogP contribution in [0.1, 0.15) is 22.6 Å². The van der Waals surface area contributed by atoms with Gasteiger partial charge in [0.05, 0.1) is 0 Å². The van der Waals surface area contributed by atoms with E-state index in [1.165, 1.54) is 11.0 Å². The average Bonchev–Trinajstić information content (AvgIpc) is 2.76. The molecule has 100 valence electrons. The van der Waals surface area contributed by atoms with Crippen molar-refractivity contribution in [3.05, 3.63) is 28.0 Å². The number of imide groups is 1. The number of thiophene rings is 1. The largest absolute Gasteiger partial charge is 0.341 e. The lowest BCUT2D eigenvalue weighted by molar-refractivity contribution is -0.136. The third kappa shape index (κ3) is 3.75. The van der Waals surface area contributed by atoms with Gasteiger partial charge in [-0.1, -0.05) is 0 Å². The first-order valence-electron chi connectivity index (χ1n) is 5.93. The molecule has 0 bridgehead atoms. The number of hydrogen-bond donors (Lipinski definition) is 2. The van der Waals surface area contributed by atoms with Gasteiger partial charge in [-0.3, -0.25) is 19.7 Å². The lowest BCUT2D eigenvalue weighted by atomic mass is 10.1. The highest BCUT2D eigenvalue weighted by Gasteiger charge is 2.27. The molecule has 0 spiro atoms. The van der Waals surface area contributed by atoms with E-state index in [0.717, 1.165) is 4.88 Å². The molecule has 1 aromatic heterocycles. The van der Waals surface area contributed by atoms with E-state index in [1.54, 1.807) is 17.4 Å². The molecule has 5 nitrogen and oxygen atoms in total. The third-order valence-electron chi connectivity index (χ3n) is 2.72. The third-order valence-corrected chi connectivity index (χ3v) is 3.68. The molecule has 0 radical (unpaired) electrons. The number of nitrogens with one attached hydrogen (secondary N) is 2. The van der Waals surface area contributed by atoms with Crippen LogP contribution in [0.25, 0.3) is 6.08 Å². The first-order valence-corrected chi connectivity index (χ1v) is 6.75. The molecule has 1 aromatic rings. The van der Waals surface area contributed by atoms with Crippen LogP contribution in [0.2, 0.25) is 0 Å². The number of piperidine rings is 1. The number of rotatable bonds is 3. The predicted molar refractivity (Wildman–Crippen MR) is 72.4 cm³/mol. The van der Waals surface area contributed by atoms with Gasteiger partial charge in [0.1, 0.15) is 6.04 Å². The van der Waals surface area contributed by atoms with Crippen molar-refractivity contribution in [2.24, 2.45) is 0 Å². The molecule has 2 heterocycles. The van der Waals surface area contributed by atoms with Crippen LogP contribution >= 0.6 is 11.3 Å². The zero-order valence-corrected chi connectivity index (χ0v) is 11.3. The van der Waals surface area contributed by atoms with E-state index in [2.05, 4.69) is 10.6 Å². The van der Waals surface area contributed by atoms with Crippen molar-refractivity contribution in [3.63, 3.8) is 0 Å². The van der Waals surface area contributed by atoms with Crippen molar-refractivity contribution >= 4 is 35.1 Å². The lowest BCUT2D eigenvalue weighted by Gasteiger charge is -2.20. The second kappa shape index (κ2) is 5.79. The summed E-state index contributed by atoms with van der Waals surface area (Å²) in [5.74, 6) is -1.06. The summed E-state index contributed by atoms with van der Waals surface area (Å²) in [4.78, 5) is 36.2. The minimum Gasteiger partial charge on any atom is -0.341 e. The normalized spacial score (nSPS) is 19.5. The molecule has 1 unspecified atom stereocenters. The molecule has 0 aromatic carbocycles. The Hall–Kier alpha value is -1.95. The molecule has 2 rings (SSSR count). The topological polar surface area (TPSA) is 75.3 Å². The highest BCUT2D eigenvalue weighted by molar-refractivity contribution is 7.12. The molecule has 0 saturated carbocycles. The number of carbonyl (C=O) groups excluding carboxylic acids is 3. The molecule has 1 fully saturated rings. The highest BCUT2D eigenvalue weighted by Crippen LogP contribution is 2.16. The van der Waals surface area contributed by atoms with Crippen LogP contribution in [0.5, 0.6) is 0 Å². The predicted octanol–water partition coefficient (Wildman–Crippen LogP) is 0.991. The van der Waals surface area contributed by atoms with Crippen molar-refractivity contribution in [3.8, 4) is 0 Å². The van der Waals surface area contributed by atoms with Gasteiger partial charge >= 0.3 is 0 Å². The number of amides is 3. The van der Waals surface area contributed by atoms with E-state index in [4.69, 9.17) is 0 Å². The molecular weight excluding hydrogens is 264 g/mol. The van der Waals surface area contributed by atoms with Gasteiger partial charge in [0.25, 0.3) is 0 Å². The van der Waals surface area contributed by atoms with E-state index in [-0.39, 0.29) is 18.2 Å². The maximum absolute atomic E-state index is 11.7. The van der Waals surface area contributed by atoms with Crippen LogP contribution in [0, 0.1) is 6.92 Å². The molecule has 2 N–H and O–H groups in total. The van der Waals surface area contributed by atoms with Crippen molar-refractivity contribution in [1.29, 1.82) is 0 Å². The van der Waals surface area contributed by atoms with Crippen molar-refractivity contribution in [2.45, 2.75) is 25.8 Å². The minimum absolute atomic E-state index is 0.254. The summed E-state index contributed by atoms with van der Waals surface area (Å²) in [6, 6.07) is 3.28. The van der Waals surface area contributed by atoms with E-state index in [9.17, 15) is 14.4 Å². The number of aryl methyl sites for hydroxylation is 1. The Bertz CT molecular complexity index is 548. The lowest BCUT2D eigenvalue weighted by Crippen LogP contribution is -2.51. The minimum atomic E-state index is -0.625. The zero-order chi connectivity index (χ0) is 13.8. The second-order valence-electron chi connectivity index (χ2n) is 4.29. The maximum Gasteiger partial charge on any atom is 0.249 e. The standard InChI is InChI=1S/C13H14N2O3S/c1-8-2-3-9(19-8)4-6-11(16)14-10-5-7-12(17)15-13(10)18/h2-4,6,10H,5,7H2,1H3,(H,14,16)(H,15,17,18). The first-order chi connectivity index (χ1) is 9.04.